The summed E-state index contributed by atoms with van der Waals surface area (Å²) in [5, 5.41) is 0. The van der Waals surface area contributed by atoms with E-state index in [0.29, 0.717) is 12.0 Å². The summed E-state index contributed by atoms with van der Waals surface area (Å²) in [4.78, 5) is 2.30. The van der Waals surface area contributed by atoms with E-state index in [4.69, 9.17) is 0 Å². The molecule has 1 rings (SSSR count). The molecule has 1 atom stereocenters. The van der Waals surface area contributed by atoms with Gasteiger partial charge in [0.2, 0.25) is 0 Å². The van der Waals surface area contributed by atoms with Gasteiger partial charge >= 0.3 is 0 Å². The zero-order chi connectivity index (χ0) is 10.6. The minimum atomic E-state index is 0.501. The molecule has 14 heavy (non-hydrogen) atoms. The summed E-state index contributed by atoms with van der Waals surface area (Å²) in [6.45, 7) is 4.47. The minimum Gasteiger partial charge on any atom is -0.371 e. The second-order valence-electron chi connectivity index (χ2n) is 3.94. The summed E-state index contributed by atoms with van der Waals surface area (Å²) in [7, 11) is 2.14. The van der Waals surface area contributed by atoms with Gasteiger partial charge in [-0.25, -0.2) is 0 Å². The highest BCUT2D eigenvalue weighted by molar-refractivity contribution is 7.80. The molecule has 0 bridgehead atoms. The lowest BCUT2D eigenvalue weighted by molar-refractivity contribution is 0.513. The Morgan fingerprint density at radius 2 is 1.79 bits per heavy atom. The molecule has 0 aliphatic rings. The number of anilines is 1. The third-order valence-corrected chi connectivity index (χ3v) is 2.99. The van der Waals surface area contributed by atoms with E-state index in [1.54, 1.807) is 0 Å². The second kappa shape index (κ2) is 5.30. The lowest BCUT2D eigenvalue weighted by Gasteiger charge is -2.31. The van der Waals surface area contributed by atoms with Crippen LogP contribution >= 0.6 is 12.6 Å². The Labute approximate surface area is 92.5 Å². The molecule has 0 N–H and O–H groups in total. The van der Waals surface area contributed by atoms with Crippen molar-refractivity contribution in [1.29, 1.82) is 0 Å². The first-order chi connectivity index (χ1) is 6.66. The van der Waals surface area contributed by atoms with E-state index in [9.17, 15) is 0 Å². The van der Waals surface area contributed by atoms with Gasteiger partial charge in [-0.05, 0) is 18.1 Å². The number of rotatable bonds is 4. The van der Waals surface area contributed by atoms with Crippen LogP contribution in [0, 0.1) is 5.92 Å². The monoisotopic (exact) mass is 209 g/mol. The van der Waals surface area contributed by atoms with E-state index < -0.39 is 0 Å². The fourth-order valence-electron chi connectivity index (χ4n) is 1.64. The molecule has 0 fully saturated rings. The van der Waals surface area contributed by atoms with E-state index in [1.807, 2.05) is 6.07 Å². The van der Waals surface area contributed by atoms with Gasteiger partial charge in [0.05, 0.1) is 0 Å². The van der Waals surface area contributed by atoms with Crippen LogP contribution in [0.15, 0.2) is 30.3 Å². The molecule has 0 radical (unpaired) electrons. The van der Waals surface area contributed by atoms with Crippen molar-refractivity contribution in [1.82, 2.24) is 0 Å². The lowest BCUT2D eigenvalue weighted by atomic mass is 10.0. The SMILES string of the molecule is CC(C)[C@@H](CS)N(C)c1ccccc1. The predicted octanol–water partition coefficient (Wildman–Crippen LogP) is 3.08. The van der Waals surface area contributed by atoms with Crippen molar-refractivity contribution in [3.8, 4) is 0 Å². The molecule has 0 unspecified atom stereocenters. The Morgan fingerprint density at radius 1 is 1.21 bits per heavy atom. The quantitative estimate of drug-likeness (QED) is 0.746. The summed E-state index contributed by atoms with van der Waals surface area (Å²) in [5.74, 6) is 1.51. The lowest BCUT2D eigenvalue weighted by Crippen LogP contribution is -2.37. The Kier molecular flexibility index (Phi) is 4.33. The van der Waals surface area contributed by atoms with Gasteiger partial charge in [0.1, 0.15) is 0 Å². The fraction of sp³-hybridized carbons (Fsp3) is 0.500. The summed E-state index contributed by atoms with van der Waals surface area (Å²) in [6.07, 6.45) is 0. The van der Waals surface area contributed by atoms with E-state index in [-0.39, 0.29) is 0 Å². The number of hydrogen-bond donors (Lipinski definition) is 1. The standard InChI is InChI=1S/C12H19NS/c1-10(2)12(9-14)13(3)11-7-5-4-6-8-11/h4-8,10,12,14H,9H2,1-3H3/t12-/m1/s1. The first-order valence-electron chi connectivity index (χ1n) is 5.05. The average Bonchev–Trinajstić information content (AvgIpc) is 2.19. The van der Waals surface area contributed by atoms with Crippen LogP contribution in [0.3, 0.4) is 0 Å². The molecule has 2 heteroatoms. The van der Waals surface area contributed by atoms with Crippen LogP contribution in [-0.4, -0.2) is 18.8 Å². The molecule has 0 saturated carbocycles. The van der Waals surface area contributed by atoms with Crippen LogP contribution in [0.2, 0.25) is 0 Å². The zero-order valence-corrected chi connectivity index (χ0v) is 10.0. The summed E-state index contributed by atoms with van der Waals surface area (Å²) < 4.78 is 0. The molecular formula is C12H19NS. The summed E-state index contributed by atoms with van der Waals surface area (Å²) >= 11 is 4.40. The largest absolute Gasteiger partial charge is 0.371 e. The van der Waals surface area contributed by atoms with E-state index in [2.05, 4.69) is 62.7 Å². The van der Waals surface area contributed by atoms with Crippen LogP contribution in [-0.2, 0) is 0 Å². The van der Waals surface area contributed by atoms with E-state index >= 15 is 0 Å². The number of nitrogens with zero attached hydrogens (tertiary/aromatic N) is 1. The molecule has 1 aromatic carbocycles. The molecule has 1 nitrogen and oxygen atoms in total. The first kappa shape index (κ1) is 11.4. The van der Waals surface area contributed by atoms with Crippen LogP contribution in [0.4, 0.5) is 5.69 Å². The number of hydrogen-bond acceptors (Lipinski definition) is 2. The van der Waals surface area contributed by atoms with Crippen molar-refractivity contribution >= 4 is 18.3 Å². The molecule has 1 aromatic rings. The van der Waals surface area contributed by atoms with Gasteiger partial charge in [-0.3, -0.25) is 0 Å². The first-order valence-corrected chi connectivity index (χ1v) is 5.68. The summed E-state index contributed by atoms with van der Waals surface area (Å²) in [6, 6.07) is 11.0. The average molecular weight is 209 g/mol. The van der Waals surface area contributed by atoms with Crippen LogP contribution in [0.25, 0.3) is 0 Å². The molecule has 78 valence electrons. The Morgan fingerprint density at radius 3 is 2.21 bits per heavy atom. The third-order valence-electron chi connectivity index (χ3n) is 2.62. The maximum Gasteiger partial charge on any atom is 0.0397 e. The van der Waals surface area contributed by atoms with Crippen molar-refractivity contribution in [3.05, 3.63) is 30.3 Å². The van der Waals surface area contributed by atoms with Gasteiger partial charge in [0.25, 0.3) is 0 Å². The molecule has 0 amide bonds. The number of para-hydroxylation sites is 1. The molecule has 0 spiro atoms. The van der Waals surface area contributed by atoms with Gasteiger partial charge in [-0.15, -0.1) is 0 Å². The Hall–Kier alpha value is -0.630. The maximum atomic E-state index is 4.40. The third kappa shape index (κ3) is 2.68. The van der Waals surface area contributed by atoms with Crippen molar-refractivity contribution in [2.45, 2.75) is 19.9 Å². The van der Waals surface area contributed by atoms with Crippen molar-refractivity contribution in [2.24, 2.45) is 5.92 Å². The van der Waals surface area contributed by atoms with Crippen LogP contribution in [0.5, 0.6) is 0 Å². The second-order valence-corrected chi connectivity index (χ2v) is 4.31. The topological polar surface area (TPSA) is 3.24 Å². The van der Waals surface area contributed by atoms with E-state index in [0.717, 1.165) is 5.75 Å². The highest BCUT2D eigenvalue weighted by Crippen LogP contribution is 2.19. The van der Waals surface area contributed by atoms with Gasteiger partial charge in [-0.1, -0.05) is 32.0 Å². The molecule has 0 aliphatic carbocycles. The highest BCUT2D eigenvalue weighted by atomic mass is 32.1. The number of benzene rings is 1. The smallest absolute Gasteiger partial charge is 0.0397 e. The van der Waals surface area contributed by atoms with Crippen LogP contribution in [0.1, 0.15) is 13.8 Å². The minimum absolute atomic E-state index is 0.501. The molecule has 0 aliphatic heterocycles. The fourth-order valence-corrected chi connectivity index (χ4v) is 2.30. The summed E-state index contributed by atoms with van der Waals surface area (Å²) in [5.41, 5.74) is 1.26. The van der Waals surface area contributed by atoms with Crippen molar-refractivity contribution in [2.75, 3.05) is 17.7 Å². The normalized spacial score (nSPS) is 12.9. The highest BCUT2D eigenvalue weighted by Gasteiger charge is 2.16. The molecule has 0 heterocycles. The molecule has 0 saturated heterocycles. The Balaban J connectivity index is 2.78. The van der Waals surface area contributed by atoms with Gasteiger partial charge in [0.15, 0.2) is 0 Å². The van der Waals surface area contributed by atoms with Gasteiger partial charge in [-0.2, -0.15) is 12.6 Å². The van der Waals surface area contributed by atoms with Gasteiger partial charge < -0.3 is 4.90 Å². The molecule has 0 aromatic heterocycles. The van der Waals surface area contributed by atoms with Crippen LogP contribution < -0.4 is 4.90 Å². The maximum absolute atomic E-state index is 4.40. The zero-order valence-electron chi connectivity index (χ0n) is 9.14. The predicted molar refractivity (Wildman–Crippen MR) is 67.3 cm³/mol. The van der Waals surface area contributed by atoms with Gasteiger partial charge in [0, 0.05) is 24.5 Å². The molecular weight excluding hydrogens is 190 g/mol. The Bertz CT molecular complexity index is 258. The van der Waals surface area contributed by atoms with Crippen molar-refractivity contribution in [3.63, 3.8) is 0 Å². The van der Waals surface area contributed by atoms with E-state index in [1.165, 1.54) is 5.69 Å². The number of thiol groups is 1. The van der Waals surface area contributed by atoms with Crippen molar-refractivity contribution < 1.29 is 0 Å².